The highest BCUT2D eigenvalue weighted by Crippen LogP contribution is 2.44. The van der Waals surface area contributed by atoms with Gasteiger partial charge in [-0.25, -0.2) is 14.8 Å². The number of aliphatic carboxylic acids is 1. The van der Waals surface area contributed by atoms with Crippen molar-refractivity contribution in [1.29, 1.82) is 0 Å². The van der Waals surface area contributed by atoms with Crippen molar-refractivity contribution < 1.29 is 24.2 Å². The maximum Gasteiger partial charge on any atom is 0.330 e. The number of thiazole rings is 1. The van der Waals surface area contributed by atoms with E-state index in [1.807, 2.05) is 25.1 Å². The number of methoxy groups -OCH3 is 1. The van der Waals surface area contributed by atoms with Gasteiger partial charge in [-0.15, -0.1) is 17.9 Å². The lowest BCUT2D eigenvalue weighted by atomic mass is 10.1. The fourth-order valence-corrected chi connectivity index (χ4v) is 5.91. The van der Waals surface area contributed by atoms with E-state index in [-0.39, 0.29) is 17.9 Å². The molecule has 1 saturated carbocycles. The van der Waals surface area contributed by atoms with Crippen molar-refractivity contribution in [3.8, 4) is 22.2 Å². The number of carboxylic acid groups (broad SMARTS) is 1. The summed E-state index contributed by atoms with van der Waals surface area (Å²) in [5, 5.41) is 19.2. The zero-order valence-corrected chi connectivity index (χ0v) is 22.7. The van der Waals surface area contributed by atoms with Crippen LogP contribution in [0, 0.1) is 12.8 Å². The predicted molar refractivity (Wildman–Crippen MR) is 146 cm³/mol. The first kappa shape index (κ1) is 26.1. The topological polar surface area (TPSA) is 123 Å². The highest BCUT2D eigenvalue weighted by Gasteiger charge is 2.60. The van der Waals surface area contributed by atoms with E-state index in [0.29, 0.717) is 36.7 Å². The average Bonchev–Trinajstić information content (AvgIpc) is 3.22. The number of aryl methyl sites for hydroxylation is 1. The van der Waals surface area contributed by atoms with E-state index in [9.17, 15) is 14.7 Å². The number of carbonyl (C=O) groups excluding carboxylic acids is 1. The second-order valence-electron chi connectivity index (χ2n) is 10.3. The third-order valence-corrected chi connectivity index (χ3v) is 8.31. The van der Waals surface area contributed by atoms with E-state index in [2.05, 4.69) is 36.4 Å². The van der Waals surface area contributed by atoms with Gasteiger partial charge in [0, 0.05) is 41.3 Å². The maximum atomic E-state index is 12.9. The third kappa shape index (κ3) is 4.63. The molecular weight excluding hydrogens is 504 g/mol. The Morgan fingerprint density at radius 3 is 2.74 bits per heavy atom. The van der Waals surface area contributed by atoms with E-state index < -0.39 is 17.6 Å². The van der Waals surface area contributed by atoms with Gasteiger partial charge in [0.05, 0.1) is 24.4 Å². The number of fused-ring (bicyclic) bond motifs is 1. The van der Waals surface area contributed by atoms with Crippen LogP contribution in [0.1, 0.15) is 43.9 Å². The monoisotopic (exact) mass is 536 g/mol. The average molecular weight is 537 g/mol. The van der Waals surface area contributed by atoms with E-state index in [0.717, 1.165) is 32.9 Å². The Hall–Kier alpha value is -3.50. The molecule has 0 spiro atoms. The summed E-state index contributed by atoms with van der Waals surface area (Å²) in [6, 6.07) is 5.18. The van der Waals surface area contributed by atoms with Crippen molar-refractivity contribution in [3.05, 3.63) is 47.5 Å². The van der Waals surface area contributed by atoms with Crippen LogP contribution in [0.2, 0.25) is 0 Å². The van der Waals surface area contributed by atoms with Crippen molar-refractivity contribution in [2.24, 2.45) is 5.92 Å². The summed E-state index contributed by atoms with van der Waals surface area (Å²) in [4.78, 5) is 34.4. The molecule has 1 aliphatic carbocycles. The molecule has 0 unspecified atom stereocenters. The van der Waals surface area contributed by atoms with Crippen LogP contribution in [0.25, 0.3) is 21.6 Å². The number of benzene rings is 1. The number of ether oxygens (including phenoxy) is 2. The first-order valence-corrected chi connectivity index (χ1v) is 13.6. The molecule has 2 fully saturated rings. The number of amides is 1. The van der Waals surface area contributed by atoms with Crippen LogP contribution in [0.4, 0.5) is 0 Å². The van der Waals surface area contributed by atoms with E-state index >= 15 is 0 Å². The number of hydrogen-bond acceptors (Lipinski definition) is 8. The van der Waals surface area contributed by atoms with Gasteiger partial charge in [0.25, 0.3) is 0 Å². The van der Waals surface area contributed by atoms with E-state index in [1.165, 1.54) is 0 Å². The van der Waals surface area contributed by atoms with E-state index in [1.54, 1.807) is 24.5 Å². The summed E-state index contributed by atoms with van der Waals surface area (Å²) < 4.78 is 12.0. The van der Waals surface area contributed by atoms with Crippen LogP contribution in [-0.2, 0) is 9.59 Å². The molecule has 9 nitrogen and oxygen atoms in total. The minimum absolute atomic E-state index is 0.263. The fourth-order valence-electron chi connectivity index (χ4n) is 4.97. The minimum Gasteiger partial charge on any atom is -0.496 e. The molecule has 0 radical (unpaired) electrons. The zero-order chi connectivity index (χ0) is 27.2. The highest BCUT2D eigenvalue weighted by molar-refractivity contribution is 7.13. The maximum absolute atomic E-state index is 12.9. The van der Waals surface area contributed by atoms with Gasteiger partial charge in [-0.2, -0.15) is 0 Å². The van der Waals surface area contributed by atoms with Crippen molar-refractivity contribution in [1.82, 2.24) is 20.6 Å². The lowest BCUT2D eigenvalue weighted by Crippen LogP contribution is -2.51. The number of carbonyl (C=O) groups is 2. The van der Waals surface area contributed by atoms with Crippen LogP contribution in [0.3, 0.4) is 0 Å². The molecule has 3 aromatic rings. The molecule has 38 heavy (non-hydrogen) atoms. The lowest BCUT2D eigenvalue weighted by Gasteiger charge is -2.18. The summed E-state index contributed by atoms with van der Waals surface area (Å²) in [6.07, 6.45) is 2.06. The molecule has 2 aromatic heterocycles. The quantitative estimate of drug-likeness (QED) is 0.350. The number of nitrogens with one attached hydrogen (secondary N) is 2. The summed E-state index contributed by atoms with van der Waals surface area (Å²) in [5.41, 5.74) is 2.15. The molecule has 5 rings (SSSR count). The van der Waals surface area contributed by atoms with Gasteiger partial charge in [0.15, 0.2) is 0 Å². The fraction of sp³-hybridized carbons (Fsp3) is 0.429. The summed E-state index contributed by atoms with van der Waals surface area (Å²) >= 11 is 1.55. The third-order valence-electron chi connectivity index (χ3n) is 7.43. The standard InChI is InChI=1S/C28H32N4O5S/c1-6-16-11-28(16,27(34)35)32-25(33)19-9-17(12-29-19)37-23-10-20(26-31-21(13-38-26)14(2)3)30-24-15(4)22(36-5)8-7-18(23)24/h6-8,10,13-14,16-17,19,29H,1,9,11-12H2,2-5H3,(H,32,33)(H,34,35)/t16-,17-,19-,28-/m1/s1. The Morgan fingerprint density at radius 1 is 1.32 bits per heavy atom. The Morgan fingerprint density at radius 2 is 2.11 bits per heavy atom. The molecule has 1 aliphatic heterocycles. The first-order chi connectivity index (χ1) is 18.2. The minimum atomic E-state index is -1.26. The Bertz CT molecular complexity index is 1420. The van der Waals surface area contributed by atoms with Gasteiger partial charge < -0.3 is 25.2 Å². The largest absolute Gasteiger partial charge is 0.496 e. The Balaban J connectivity index is 1.40. The molecule has 0 bridgehead atoms. The first-order valence-electron chi connectivity index (χ1n) is 12.7. The molecule has 1 saturated heterocycles. The molecule has 1 amide bonds. The van der Waals surface area contributed by atoms with Gasteiger partial charge in [-0.3, -0.25) is 4.79 Å². The van der Waals surface area contributed by atoms with Crippen molar-refractivity contribution in [2.45, 2.75) is 57.2 Å². The number of nitrogens with zero attached hydrogens (tertiary/aromatic N) is 2. The second kappa shape index (κ2) is 9.99. The summed E-state index contributed by atoms with van der Waals surface area (Å²) in [6.45, 7) is 10.3. The van der Waals surface area contributed by atoms with Crippen molar-refractivity contribution in [3.63, 3.8) is 0 Å². The van der Waals surface area contributed by atoms with Crippen molar-refractivity contribution in [2.75, 3.05) is 13.7 Å². The second-order valence-corrected chi connectivity index (χ2v) is 11.1. The number of aromatic nitrogens is 2. The molecule has 2 aliphatic rings. The molecular formula is C28H32N4O5S. The molecule has 200 valence electrons. The SMILES string of the molecule is C=C[C@@H]1C[C@]1(NC(=O)[C@H]1C[C@@H](Oc2cc(-c3nc(C(C)C)cs3)nc3c(C)c(OC)ccc23)CN1)C(=O)O. The van der Waals surface area contributed by atoms with Crippen LogP contribution in [0.15, 0.2) is 36.2 Å². The van der Waals surface area contributed by atoms with E-state index in [4.69, 9.17) is 19.4 Å². The van der Waals surface area contributed by atoms with Gasteiger partial charge in [0.1, 0.15) is 33.8 Å². The number of hydrogen-bond donors (Lipinski definition) is 3. The van der Waals surface area contributed by atoms with Gasteiger partial charge >= 0.3 is 5.97 Å². The van der Waals surface area contributed by atoms with Gasteiger partial charge in [0.2, 0.25) is 5.91 Å². The molecule has 3 N–H and O–H groups in total. The van der Waals surface area contributed by atoms with Crippen molar-refractivity contribution >= 4 is 34.1 Å². The zero-order valence-electron chi connectivity index (χ0n) is 21.9. The smallest absolute Gasteiger partial charge is 0.330 e. The normalized spacial score (nSPS) is 24.4. The lowest BCUT2D eigenvalue weighted by molar-refractivity contribution is -0.143. The van der Waals surface area contributed by atoms with Gasteiger partial charge in [-0.1, -0.05) is 19.9 Å². The van der Waals surface area contributed by atoms with Crippen LogP contribution in [0.5, 0.6) is 11.5 Å². The summed E-state index contributed by atoms with van der Waals surface area (Å²) in [5.74, 6) is 0.0590. The highest BCUT2D eigenvalue weighted by atomic mass is 32.1. The molecule has 3 heterocycles. The number of carboxylic acids is 1. The Kier molecular flexibility index (Phi) is 6.87. The number of pyridine rings is 1. The molecule has 10 heteroatoms. The molecule has 1 aromatic carbocycles. The van der Waals surface area contributed by atoms with Crippen LogP contribution >= 0.6 is 11.3 Å². The van der Waals surface area contributed by atoms with Gasteiger partial charge in [-0.05, 0) is 31.4 Å². The van der Waals surface area contributed by atoms with Crippen LogP contribution < -0.4 is 20.1 Å². The number of rotatable bonds is 9. The Labute approximate surface area is 225 Å². The van der Waals surface area contributed by atoms with Crippen LogP contribution in [-0.4, -0.2) is 58.3 Å². The predicted octanol–water partition coefficient (Wildman–Crippen LogP) is 4.05. The summed E-state index contributed by atoms with van der Waals surface area (Å²) in [7, 11) is 1.63. The molecule has 4 atom stereocenters.